The molecule has 0 aromatic carbocycles. The predicted octanol–water partition coefficient (Wildman–Crippen LogP) is 1.25. The minimum absolute atomic E-state index is 0.285. The lowest BCUT2D eigenvalue weighted by Gasteiger charge is -2.32. The predicted molar refractivity (Wildman–Crippen MR) is 77.1 cm³/mol. The highest BCUT2D eigenvalue weighted by atomic mass is 16.5. The maximum atomic E-state index is 9.38. The molecule has 0 rings (SSSR count). The summed E-state index contributed by atoms with van der Waals surface area (Å²) in [6.45, 7) is 9.91. The Balaban J connectivity index is 4.44. The van der Waals surface area contributed by atoms with Gasteiger partial charge in [-0.3, -0.25) is 10.2 Å². The average molecular weight is 271 g/mol. The van der Waals surface area contributed by atoms with E-state index in [1.807, 2.05) is 6.92 Å². The first-order valence-electron chi connectivity index (χ1n) is 6.86. The third kappa shape index (κ3) is 8.95. The molecule has 0 radical (unpaired) electrons. The number of rotatable bonds is 11. The molecule has 0 aliphatic heterocycles. The summed E-state index contributed by atoms with van der Waals surface area (Å²) in [5.41, 5.74) is -0.533. The average Bonchev–Trinajstić information content (AvgIpc) is 2.35. The fourth-order valence-electron chi connectivity index (χ4n) is 2.12. The van der Waals surface area contributed by atoms with Crippen molar-refractivity contribution in [1.82, 2.24) is 10.2 Å². The van der Waals surface area contributed by atoms with Crippen LogP contribution >= 0.6 is 0 Å². The quantitative estimate of drug-likeness (QED) is 0.573. The van der Waals surface area contributed by atoms with Gasteiger partial charge in [0.15, 0.2) is 0 Å². The largest absolute Gasteiger partial charge is 0.385 e. The normalized spacial score (nSPS) is 14.6. The van der Waals surface area contributed by atoms with Crippen molar-refractivity contribution < 1.29 is 9.47 Å². The van der Waals surface area contributed by atoms with E-state index in [0.717, 1.165) is 26.1 Å². The lowest BCUT2D eigenvalue weighted by molar-refractivity contribution is 0.119. The molecule has 5 nitrogen and oxygen atoms in total. The second kappa shape index (κ2) is 10.2. The van der Waals surface area contributed by atoms with Crippen LogP contribution in [0.1, 0.15) is 27.2 Å². The van der Waals surface area contributed by atoms with Gasteiger partial charge in [-0.2, -0.15) is 5.26 Å². The van der Waals surface area contributed by atoms with Gasteiger partial charge in [-0.1, -0.05) is 0 Å². The van der Waals surface area contributed by atoms with Gasteiger partial charge in [-0.05, 0) is 27.2 Å². The molecule has 0 aliphatic carbocycles. The lowest BCUT2D eigenvalue weighted by Crippen LogP contribution is -2.53. The summed E-state index contributed by atoms with van der Waals surface area (Å²) >= 11 is 0. The topological polar surface area (TPSA) is 57.5 Å². The Labute approximate surface area is 117 Å². The van der Waals surface area contributed by atoms with E-state index in [2.05, 4.69) is 30.1 Å². The van der Waals surface area contributed by atoms with E-state index in [0.29, 0.717) is 13.2 Å². The molecule has 1 unspecified atom stereocenters. The Bertz CT molecular complexity index is 266. The van der Waals surface area contributed by atoms with Crippen LogP contribution in [-0.2, 0) is 9.47 Å². The van der Waals surface area contributed by atoms with Gasteiger partial charge < -0.3 is 9.47 Å². The molecule has 0 aromatic heterocycles. The first-order valence-corrected chi connectivity index (χ1v) is 6.86. The van der Waals surface area contributed by atoms with Crippen LogP contribution in [0.4, 0.5) is 0 Å². The summed E-state index contributed by atoms with van der Waals surface area (Å²) in [5.74, 6) is 0. The van der Waals surface area contributed by atoms with Crippen molar-refractivity contribution in [3.8, 4) is 6.07 Å². The van der Waals surface area contributed by atoms with Crippen molar-refractivity contribution >= 4 is 0 Å². The van der Waals surface area contributed by atoms with Gasteiger partial charge in [0.1, 0.15) is 5.54 Å². The molecule has 0 saturated heterocycles. The molecular weight excluding hydrogens is 242 g/mol. The highest BCUT2D eigenvalue weighted by molar-refractivity contribution is 5.06. The smallest absolute Gasteiger partial charge is 0.116 e. The third-order valence-electron chi connectivity index (χ3n) is 2.83. The molecule has 19 heavy (non-hydrogen) atoms. The minimum Gasteiger partial charge on any atom is -0.385 e. The number of nitrogens with zero attached hydrogens (tertiary/aromatic N) is 2. The molecular formula is C14H29N3O2. The van der Waals surface area contributed by atoms with Crippen molar-refractivity contribution in [2.45, 2.75) is 38.8 Å². The van der Waals surface area contributed by atoms with Crippen molar-refractivity contribution in [2.75, 3.05) is 47.1 Å². The van der Waals surface area contributed by atoms with E-state index in [1.165, 1.54) is 0 Å². The van der Waals surface area contributed by atoms with Gasteiger partial charge in [0.25, 0.3) is 0 Å². The van der Waals surface area contributed by atoms with Crippen molar-refractivity contribution in [1.29, 1.82) is 5.26 Å². The lowest BCUT2D eigenvalue weighted by atomic mass is 10.0. The highest BCUT2D eigenvalue weighted by Crippen LogP contribution is 2.08. The molecule has 1 N–H and O–H groups in total. The molecule has 0 fully saturated rings. The van der Waals surface area contributed by atoms with Crippen molar-refractivity contribution in [2.24, 2.45) is 0 Å². The van der Waals surface area contributed by atoms with Crippen LogP contribution in [0.15, 0.2) is 0 Å². The maximum absolute atomic E-state index is 9.38. The van der Waals surface area contributed by atoms with Gasteiger partial charge >= 0.3 is 0 Å². The Kier molecular flexibility index (Phi) is 9.80. The van der Waals surface area contributed by atoms with Gasteiger partial charge in [0.2, 0.25) is 0 Å². The van der Waals surface area contributed by atoms with E-state index in [-0.39, 0.29) is 6.04 Å². The van der Waals surface area contributed by atoms with E-state index in [4.69, 9.17) is 9.47 Å². The van der Waals surface area contributed by atoms with Crippen LogP contribution < -0.4 is 5.32 Å². The molecule has 0 heterocycles. The monoisotopic (exact) mass is 271 g/mol. The van der Waals surface area contributed by atoms with Crippen LogP contribution in [0.5, 0.6) is 0 Å². The molecule has 0 bridgehead atoms. The van der Waals surface area contributed by atoms with E-state index in [9.17, 15) is 5.26 Å². The first-order chi connectivity index (χ1) is 8.97. The molecule has 1 atom stereocenters. The first kappa shape index (κ1) is 18.3. The standard InChI is InChI=1S/C14H29N3O2/c1-13(2)16-14(3,11-15)12-17(8-10-19-5)7-6-9-18-4/h13,16H,6-10,12H2,1-5H3. The van der Waals surface area contributed by atoms with Gasteiger partial charge in [0, 0.05) is 46.5 Å². The van der Waals surface area contributed by atoms with E-state index < -0.39 is 5.54 Å². The SMILES string of the molecule is COCCCN(CCOC)CC(C)(C#N)NC(C)C. The number of hydrogen-bond acceptors (Lipinski definition) is 5. The number of hydrogen-bond donors (Lipinski definition) is 1. The Morgan fingerprint density at radius 3 is 2.32 bits per heavy atom. The Morgan fingerprint density at radius 2 is 1.84 bits per heavy atom. The van der Waals surface area contributed by atoms with Crippen LogP contribution in [0.2, 0.25) is 0 Å². The number of ether oxygens (including phenoxy) is 2. The van der Waals surface area contributed by atoms with Crippen LogP contribution in [-0.4, -0.2) is 63.5 Å². The molecule has 112 valence electrons. The number of nitriles is 1. The summed E-state index contributed by atoms with van der Waals surface area (Å²) in [4.78, 5) is 2.25. The van der Waals surface area contributed by atoms with E-state index in [1.54, 1.807) is 14.2 Å². The minimum atomic E-state index is -0.533. The molecule has 5 heteroatoms. The van der Waals surface area contributed by atoms with Gasteiger partial charge in [-0.15, -0.1) is 0 Å². The fraction of sp³-hybridized carbons (Fsp3) is 0.929. The van der Waals surface area contributed by atoms with E-state index >= 15 is 0 Å². The summed E-state index contributed by atoms with van der Waals surface area (Å²) in [5, 5.41) is 12.7. The summed E-state index contributed by atoms with van der Waals surface area (Å²) in [6, 6.07) is 2.67. The number of methoxy groups -OCH3 is 2. The van der Waals surface area contributed by atoms with Crippen LogP contribution in [0.25, 0.3) is 0 Å². The molecule has 0 spiro atoms. The second-order valence-corrected chi connectivity index (χ2v) is 5.36. The molecule has 0 amide bonds. The zero-order valence-corrected chi connectivity index (χ0v) is 13.0. The zero-order chi connectivity index (χ0) is 14.7. The summed E-state index contributed by atoms with van der Waals surface area (Å²) in [6.07, 6.45) is 0.962. The molecule has 0 aromatic rings. The zero-order valence-electron chi connectivity index (χ0n) is 13.0. The highest BCUT2D eigenvalue weighted by Gasteiger charge is 2.27. The van der Waals surface area contributed by atoms with Crippen LogP contribution in [0.3, 0.4) is 0 Å². The third-order valence-corrected chi connectivity index (χ3v) is 2.83. The Morgan fingerprint density at radius 1 is 1.21 bits per heavy atom. The van der Waals surface area contributed by atoms with Gasteiger partial charge in [-0.25, -0.2) is 0 Å². The van der Waals surface area contributed by atoms with Crippen LogP contribution in [0, 0.1) is 11.3 Å². The number of nitrogens with one attached hydrogen (secondary N) is 1. The van der Waals surface area contributed by atoms with Gasteiger partial charge in [0.05, 0.1) is 12.7 Å². The Hall–Kier alpha value is -0.670. The summed E-state index contributed by atoms with van der Waals surface area (Å²) < 4.78 is 10.2. The molecule has 0 saturated carbocycles. The fourth-order valence-corrected chi connectivity index (χ4v) is 2.12. The second-order valence-electron chi connectivity index (χ2n) is 5.36. The maximum Gasteiger partial charge on any atom is 0.116 e. The molecule has 0 aliphatic rings. The van der Waals surface area contributed by atoms with Crippen molar-refractivity contribution in [3.63, 3.8) is 0 Å². The van der Waals surface area contributed by atoms with Crippen molar-refractivity contribution in [3.05, 3.63) is 0 Å². The summed E-state index contributed by atoms with van der Waals surface area (Å²) in [7, 11) is 3.41.